The van der Waals surface area contributed by atoms with Crippen molar-refractivity contribution in [3.05, 3.63) is 53.6 Å². The molecule has 0 fully saturated rings. The molecule has 2 rings (SSSR count). The van der Waals surface area contributed by atoms with Gasteiger partial charge < -0.3 is 11.1 Å². The van der Waals surface area contributed by atoms with E-state index in [0.717, 1.165) is 23.4 Å². The first-order valence-electron chi connectivity index (χ1n) is 5.67. The number of hydrogen-bond acceptors (Lipinski definition) is 2. The molecule has 0 aliphatic rings. The van der Waals surface area contributed by atoms with Crippen molar-refractivity contribution in [2.24, 2.45) is 0 Å². The summed E-state index contributed by atoms with van der Waals surface area (Å²) in [5.41, 5.74) is 8.01. The topological polar surface area (TPSA) is 38.0 Å². The van der Waals surface area contributed by atoms with Crippen LogP contribution in [-0.4, -0.2) is 0 Å². The van der Waals surface area contributed by atoms with Crippen molar-refractivity contribution in [1.82, 2.24) is 0 Å². The van der Waals surface area contributed by atoms with Crippen LogP contribution in [0.3, 0.4) is 0 Å². The van der Waals surface area contributed by atoms with Crippen LogP contribution < -0.4 is 11.1 Å². The Morgan fingerprint density at radius 2 is 1.53 bits per heavy atom. The first-order valence-corrected chi connectivity index (χ1v) is 5.67. The molecule has 19 heavy (non-hydrogen) atoms. The largest absolute Gasteiger partial charge is 0.416 e. The number of alkyl halides is 3. The van der Waals surface area contributed by atoms with Crippen molar-refractivity contribution in [1.29, 1.82) is 0 Å². The molecule has 2 aromatic rings. The summed E-state index contributed by atoms with van der Waals surface area (Å²) in [5.74, 6) is 0. The van der Waals surface area contributed by atoms with E-state index in [2.05, 4.69) is 5.32 Å². The predicted octanol–water partition coefficient (Wildman–Crippen LogP) is 4.34. The molecule has 0 atom stereocenters. The second kappa shape index (κ2) is 4.84. The van der Waals surface area contributed by atoms with Gasteiger partial charge in [-0.1, -0.05) is 0 Å². The molecule has 0 bridgehead atoms. The molecule has 2 aromatic carbocycles. The highest BCUT2D eigenvalue weighted by Crippen LogP contribution is 2.30. The van der Waals surface area contributed by atoms with Crippen molar-refractivity contribution < 1.29 is 13.2 Å². The van der Waals surface area contributed by atoms with Gasteiger partial charge in [0.2, 0.25) is 0 Å². The van der Waals surface area contributed by atoms with Crippen LogP contribution in [-0.2, 0) is 6.18 Å². The Kier molecular flexibility index (Phi) is 3.38. The van der Waals surface area contributed by atoms with Gasteiger partial charge in [-0.15, -0.1) is 0 Å². The molecule has 0 amide bonds. The predicted molar refractivity (Wildman–Crippen MR) is 70.3 cm³/mol. The van der Waals surface area contributed by atoms with E-state index in [1.807, 2.05) is 13.0 Å². The van der Waals surface area contributed by atoms with E-state index in [0.29, 0.717) is 11.4 Å². The average Bonchev–Trinajstić information content (AvgIpc) is 2.33. The van der Waals surface area contributed by atoms with Gasteiger partial charge >= 0.3 is 6.18 Å². The molecule has 0 saturated heterocycles. The summed E-state index contributed by atoms with van der Waals surface area (Å²) < 4.78 is 37.2. The Bertz CT molecular complexity index is 574. The van der Waals surface area contributed by atoms with Crippen molar-refractivity contribution in [2.75, 3.05) is 11.1 Å². The van der Waals surface area contributed by atoms with E-state index >= 15 is 0 Å². The highest BCUT2D eigenvalue weighted by atomic mass is 19.4. The number of benzene rings is 2. The number of nitrogens with one attached hydrogen (secondary N) is 1. The van der Waals surface area contributed by atoms with Crippen LogP contribution in [0, 0.1) is 6.92 Å². The second-order valence-corrected chi connectivity index (χ2v) is 4.27. The zero-order valence-corrected chi connectivity index (χ0v) is 10.3. The van der Waals surface area contributed by atoms with Gasteiger partial charge in [0.15, 0.2) is 0 Å². The van der Waals surface area contributed by atoms with E-state index in [4.69, 9.17) is 5.73 Å². The quantitative estimate of drug-likeness (QED) is 0.793. The Morgan fingerprint density at radius 1 is 0.947 bits per heavy atom. The van der Waals surface area contributed by atoms with Gasteiger partial charge in [0.1, 0.15) is 0 Å². The van der Waals surface area contributed by atoms with E-state index in [-0.39, 0.29) is 0 Å². The molecule has 0 radical (unpaired) electrons. The fraction of sp³-hybridized carbons (Fsp3) is 0.143. The summed E-state index contributed by atoms with van der Waals surface area (Å²) in [6.45, 7) is 1.87. The summed E-state index contributed by atoms with van der Waals surface area (Å²) >= 11 is 0. The van der Waals surface area contributed by atoms with Gasteiger partial charge in [-0.2, -0.15) is 13.2 Å². The highest BCUT2D eigenvalue weighted by Gasteiger charge is 2.29. The fourth-order valence-corrected chi connectivity index (χ4v) is 1.66. The third kappa shape index (κ3) is 3.19. The Hall–Kier alpha value is -2.17. The third-order valence-electron chi connectivity index (χ3n) is 2.77. The normalized spacial score (nSPS) is 11.4. The van der Waals surface area contributed by atoms with Crippen LogP contribution in [0.25, 0.3) is 0 Å². The number of halogens is 3. The molecular weight excluding hydrogens is 253 g/mol. The zero-order valence-electron chi connectivity index (χ0n) is 10.3. The molecule has 0 saturated carbocycles. The molecule has 0 aliphatic heterocycles. The summed E-state index contributed by atoms with van der Waals surface area (Å²) in [5, 5.41) is 3.03. The van der Waals surface area contributed by atoms with Crippen molar-refractivity contribution in [2.45, 2.75) is 13.1 Å². The Labute approximate surface area is 109 Å². The standard InChI is InChI=1S/C14H13F3N2/c1-9-8-12(6-7-13(9)18)19-11-4-2-10(3-5-11)14(15,16)17/h2-8,19H,18H2,1H3. The lowest BCUT2D eigenvalue weighted by atomic mass is 10.1. The maximum atomic E-state index is 12.4. The smallest absolute Gasteiger partial charge is 0.399 e. The lowest BCUT2D eigenvalue weighted by molar-refractivity contribution is -0.137. The highest BCUT2D eigenvalue weighted by molar-refractivity contribution is 5.64. The molecule has 0 aliphatic carbocycles. The molecule has 3 N–H and O–H groups in total. The molecule has 0 unspecified atom stereocenters. The number of nitrogens with two attached hydrogens (primary N) is 1. The molecule has 0 heterocycles. The number of aryl methyl sites for hydroxylation is 1. The van der Waals surface area contributed by atoms with Gasteiger partial charge in [-0.25, -0.2) is 0 Å². The van der Waals surface area contributed by atoms with Crippen LogP contribution >= 0.6 is 0 Å². The lowest BCUT2D eigenvalue weighted by Gasteiger charge is -2.10. The van der Waals surface area contributed by atoms with Crippen molar-refractivity contribution >= 4 is 17.1 Å². The van der Waals surface area contributed by atoms with Gasteiger partial charge in [0.25, 0.3) is 0 Å². The van der Waals surface area contributed by atoms with Crippen LogP contribution in [0.1, 0.15) is 11.1 Å². The fourth-order valence-electron chi connectivity index (χ4n) is 1.66. The average molecular weight is 266 g/mol. The number of nitrogen functional groups attached to an aromatic ring is 1. The van der Waals surface area contributed by atoms with E-state index < -0.39 is 11.7 Å². The number of hydrogen-bond donors (Lipinski definition) is 2. The molecular formula is C14H13F3N2. The first kappa shape index (κ1) is 13.3. The third-order valence-corrected chi connectivity index (χ3v) is 2.77. The van der Waals surface area contributed by atoms with Gasteiger partial charge in [0, 0.05) is 17.1 Å². The molecule has 0 spiro atoms. The van der Waals surface area contributed by atoms with Gasteiger partial charge in [-0.05, 0) is 55.0 Å². The molecule has 0 aromatic heterocycles. The number of anilines is 3. The van der Waals surface area contributed by atoms with E-state index in [1.165, 1.54) is 12.1 Å². The van der Waals surface area contributed by atoms with E-state index in [9.17, 15) is 13.2 Å². The van der Waals surface area contributed by atoms with Crippen molar-refractivity contribution in [3.8, 4) is 0 Å². The molecule has 2 nitrogen and oxygen atoms in total. The van der Waals surface area contributed by atoms with Crippen molar-refractivity contribution in [3.63, 3.8) is 0 Å². The molecule has 5 heteroatoms. The van der Waals surface area contributed by atoms with Gasteiger partial charge in [0.05, 0.1) is 5.56 Å². The monoisotopic (exact) mass is 266 g/mol. The molecule has 100 valence electrons. The zero-order chi connectivity index (χ0) is 14.0. The summed E-state index contributed by atoms with van der Waals surface area (Å²) in [6.07, 6.45) is -4.31. The summed E-state index contributed by atoms with van der Waals surface area (Å²) in [4.78, 5) is 0. The van der Waals surface area contributed by atoms with Crippen LogP contribution in [0.5, 0.6) is 0 Å². The minimum absolute atomic E-state index is 0.595. The number of rotatable bonds is 2. The lowest BCUT2D eigenvalue weighted by Crippen LogP contribution is -2.04. The summed E-state index contributed by atoms with van der Waals surface area (Å²) in [7, 11) is 0. The van der Waals surface area contributed by atoms with Gasteiger partial charge in [-0.3, -0.25) is 0 Å². The van der Waals surface area contributed by atoms with E-state index in [1.54, 1.807) is 12.1 Å². The van der Waals surface area contributed by atoms with Crippen LogP contribution in [0.4, 0.5) is 30.2 Å². The SMILES string of the molecule is Cc1cc(Nc2ccc(C(F)(F)F)cc2)ccc1N. The minimum Gasteiger partial charge on any atom is -0.399 e. The maximum Gasteiger partial charge on any atom is 0.416 e. The first-order chi connectivity index (χ1) is 8.86. The van der Waals surface area contributed by atoms with Crippen LogP contribution in [0.2, 0.25) is 0 Å². The maximum absolute atomic E-state index is 12.4. The minimum atomic E-state index is -4.31. The second-order valence-electron chi connectivity index (χ2n) is 4.27. The Morgan fingerprint density at radius 3 is 2.05 bits per heavy atom. The Balaban J connectivity index is 2.17. The van der Waals surface area contributed by atoms with Crippen LogP contribution in [0.15, 0.2) is 42.5 Å². The summed E-state index contributed by atoms with van der Waals surface area (Å²) in [6, 6.07) is 10.3.